The lowest BCUT2D eigenvalue weighted by atomic mass is 10.1. The minimum atomic E-state index is 0.305. The van der Waals surface area contributed by atoms with Crippen LogP contribution >= 0.6 is 0 Å². The smallest absolute Gasteiger partial charge is 0.0471 e. The average Bonchev–Trinajstić information content (AvgIpc) is 2.51. The first-order valence-corrected chi connectivity index (χ1v) is 7.83. The number of aromatic nitrogens is 1. The Bertz CT molecular complexity index is 338. The molecule has 0 fully saturated rings. The van der Waals surface area contributed by atoms with Gasteiger partial charge in [0.25, 0.3) is 0 Å². The molecule has 1 aromatic rings. The second-order valence-electron chi connectivity index (χ2n) is 5.04. The lowest BCUT2D eigenvalue weighted by Gasteiger charge is -2.31. The number of nitrogens with two attached hydrogens (primary N) is 1. The van der Waals surface area contributed by atoms with Crippen LogP contribution in [-0.4, -0.2) is 54.1 Å². The van der Waals surface area contributed by atoms with Crippen molar-refractivity contribution in [3.63, 3.8) is 0 Å². The van der Waals surface area contributed by atoms with Crippen molar-refractivity contribution in [2.24, 2.45) is 5.73 Å². The second-order valence-corrected chi connectivity index (χ2v) is 5.04. The maximum absolute atomic E-state index is 5.99. The highest BCUT2D eigenvalue weighted by Gasteiger charge is 2.17. The number of hydrogen-bond donors (Lipinski definition) is 1. The molecular formula is C16H30N4. The van der Waals surface area contributed by atoms with Gasteiger partial charge in [0, 0.05) is 31.5 Å². The van der Waals surface area contributed by atoms with Crippen LogP contribution in [0.5, 0.6) is 0 Å². The molecule has 1 aromatic heterocycles. The van der Waals surface area contributed by atoms with Gasteiger partial charge in [-0.05, 0) is 50.3 Å². The van der Waals surface area contributed by atoms with Crippen molar-refractivity contribution in [1.82, 2.24) is 14.8 Å². The predicted octanol–water partition coefficient (Wildman–Crippen LogP) is 2.14. The van der Waals surface area contributed by atoms with Gasteiger partial charge in [0.1, 0.15) is 0 Å². The van der Waals surface area contributed by atoms with Crippen LogP contribution in [-0.2, 0) is 0 Å². The highest BCUT2D eigenvalue weighted by atomic mass is 15.2. The Hall–Kier alpha value is -0.970. The van der Waals surface area contributed by atoms with Crippen LogP contribution in [0.4, 0.5) is 0 Å². The summed E-state index contributed by atoms with van der Waals surface area (Å²) in [6, 6.07) is 4.45. The molecule has 2 N–H and O–H groups in total. The van der Waals surface area contributed by atoms with Gasteiger partial charge in [0.05, 0.1) is 0 Å². The fraction of sp³-hybridized carbons (Fsp3) is 0.688. The van der Waals surface area contributed by atoms with E-state index in [0.717, 1.165) is 32.7 Å². The van der Waals surface area contributed by atoms with Gasteiger partial charge in [-0.2, -0.15) is 0 Å². The number of nitrogens with zero attached hydrogens (tertiary/aromatic N) is 3. The molecule has 1 heterocycles. The van der Waals surface area contributed by atoms with E-state index in [0.29, 0.717) is 12.6 Å². The van der Waals surface area contributed by atoms with E-state index in [1.807, 2.05) is 12.4 Å². The van der Waals surface area contributed by atoms with Crippen LogP contribution < -0.4 is 5.73 Å². The maximum Gasteiger partial charge on any atom is 0.0471 e. The molecule has 0 aliphatic carbocycles. The van der Waals surface area contributed by atoms with E-state index in [4.69, 9.17) is 5.73 Å². The molecule has 0 radical (unpaired) electrons. The summed E-state index contributed by atoms with van der Waals surface area (Å²) in [5.74, 6) is 0. The van der Waals surface area contributed by atoms with Gasteiger partial charge in [0.15, 0.2) is 0 Å². The first kappa shape index (κ1) is 17.1. The van der Waals surface area contributed by atoms with Crippen molar-refractivity contribution in [3.8, 4) is 0 Å². The number of rotatable bonds is 10. The summed E-state index contributed by atoms with van der Waals surface area (Å²) in [4.78, 5) is 9.03. The van der Waals surface area contributed by atoms with E-state index in [9.17, 15) is 0 Å². The number of hydrogen-bond acceptors (Lipinski definition) is 4. The zero-order valence-electron chi connectivity index (χ0n) is 13.3. The average molecular weight is 278 g/mol. The fourth-order valence-corrected chi connectivity index (χ4v) is 2.65. The Morgan fingerprint density at radius 2 is 1.70 bits per heavy atom. The molecule has 20 heavy (non-hydrogen) atoms. The minimum absolute atomic E-state index is 0.305. The molecule has 0 saturated carbocycles. The molecule has 4 nitrogen and oxygen atoms in total. The molecule has 0 saturated heterocycles. The zero-order valence-corrected chi connectivity index (χ0v) is 13.3. The molecule has 0 amide bonds. The van der Waals surface area contributed by atoms with Gasteiger partial charge >= 0.3 is 0 Å². The van der Waals surface area contributed by atoms with Crippen LogP contribution in [0.25, 0.3) is 0 Å². The van der Waals surface area contributed by atoms with Crippen molar-refractivity contribution in [2.45, 2.75) is 33.2 Å². The molecule has 4 heteroatoms. The highest BCUT2D eigenvalue weighted by molar-refractivity contribution is 5.15. The van der Waals surface area contributed by atoms with E-state index in [2.05, 4.69) is 47.7 Å². The van der Waals surface area contributed by atoms with Crippen molar-refractivity contribution in [1.29, 1.82) is 0 Å². The summed E-state index contributed by atoms with van der Waals surface area (Å²) in [6.07, 6.45) is 4.89. The third-order valence-corrected chi connectivity index (χ3v) is 3.98. The van der Waals surface area contributed by atoms with Gasteiger partial charge in [-0.15, -0.1) is 0 Å². The van der Waals surface area contributed by atoms with Gasteiger partial charge in [-0.3, -0.25) is 9.88 Å². The Morgan fingerprint density at radius 1 is 1.05 bits per heavy atom. The third kappa shape index (κ3) is 5.19. The first-order chi connectivity index (χ1) is 9.76. The van der Waals surface area contributed by atoms with Gasteiger partial charge in [-0.25, -0.2) is 0 Å². The molecule has 0 aromatic carbocycles. The Morgan fingerprint density at radius 3 is 2.20 bits per heavy atom. The molecular weight excluding hydrogens is 248 g/mol. The SMILES string of the molecule is CCN(CC)CCCN(CC)C(CN)c1ccncc1. The van der Waals surface area contributed by atoms with Crippen LogP contribution in [0.2, 0.25) is 0 Å². The van der Waals surface area contributed by atoms with Crippen molar-refractivity contribution >= 4 is 0 Å². The Balaban J connectivity index is 2.55. The summed E-state index contributed by atoms with van der Waals surface area (Å²) < 4.78 is 0. The molecule has 1 unspecified atom stereocenters. The predicted molar refractivity (Wildman–Crippen MR) is 85.7 cm³/mol. The second kappa shape index (κ2) is 9.86. The summed E-state index contributed by atoms with van der Waals surface area (Å²) in [5.41, 5.74) is 7.26. The number of likely N-dealkylation sites (N-methyl/N-ethyl adjacent to an activating group) is 1. The molecule has 1 rings (SSSR count). The molecule has 114 valence electrons. The largest absolute Gasteiger partial charge is 0.329 e. The molecule has 0 aliphatic rings. The monoisotopic (exact) mass is 278 g/mol. The topological polar surface area (TPSA) is 45.4 Å². The van der Waals surface area contributed by atoms with Gasteiger partial charge in [0.2, 0.25) is 0 Å². The Labute approximate surface area is 124 Å². The molecule has 0 aliphatic heterocycles. The summed E-state index contributed by atoms with van der Waals surface area (Å²) >= 11 is 0. The van der Waals surface area contributed by atoms with E-state index in [1.165, 1.54) is 12.0 Å². The molecule has 0 spiro atoms. The van der Waals surface area contributed by atoms with E-state index >= 15 is 0 Å². The summed E-state index contributed by atoms with van der Waals surface area (Å²) in [6.45, 7) is 12.9. The highest BCUT2D eigenvalue weighted by Crippen LogP contribution is 2.18. The first-order valence-electron chi connectivity index (χ1n) is 7.83. The normalized spacial score (nSPS) is 13.1. The van der Waals surface area contributed by atoms with Crippen LogP contribution in [0, 0.1) is 0 Å². The van der Waals surface area contributed by atoms with Gasteiger partial charge < -0.3 is 10.6 Å². The third-order valence-electron chi connectivity index (χ3n) is 3.98. The standard InChI is InChI=1S/C16H30N4/c1-4-19(5-2)12-7-13-20(6-3)16(14-17)15-8-10-18-11-9-15/h8-11,16H,4-7,12-14,17H2,1-3H3. The molecule has 1 atom stereocenters. The lowest BCUT2D eigenvalue weighted by Crippen LogP contribution is -2.36. The lowest BCUT2D eigenvalue weighted by molar-refractivity contribution is 0.193. The summed E-state index contributed by atoms with van der Waals surface area (Å²) in [7, 11) is 0. The van der Waals surface area contributed by atoms with Crippen LogP contribution in [0.15, 0.2) is 24.5 Å². The van der Waals surface area contributed by atoms with E-state index in [-0.39, 0.29) is 0 Å². The Kier molecular flexibility index (Phi) is 8.42. The van der Waals surface area contributed by atoms with Crippen molar-refractivity contribution in [3.05, 3.63) is 30.1 Å². The van der Waals surface area contributed by atoms with E-state index in [1.54, 1.807) is 0 Å². The van der Waals surface area contributed by atoms with Gasteiger partial charge in [-0.1, -0.05) is 20.8 Å². The van der Waals surface area contributed by atoms with Crippen molar-refractivity contribution < 1.29 is 0 Å². The minimum Gasteiger partial charge on any atom is -0.329 e. The fourth-order valence-electron chi connectivity index (χ4n) is 2.65. The van der Waals surface area contributed by atoms with Crippen LogP contribution in [0.3, 0.4) is 0 Å². The number of pyridine rings is 1. The van der Waals surface area contributed by atoms with Crippen molar-refractivity contribution in [2.75, 3.05) is 39.3 Å². The van der Waals surface area contributed by atoms with E-state index < -0.39 is 0 Å². The molecule has 0 bridgehead atoms. The quantitative estimate of drug-likeness (QED) is 0.712. The maximum atomic E-state index is 5.99. The van der Waals surface area contributed by atoms with Crippen LogP contribution in [0.1, 0.15) is 38.8 Å². The zero-order chi connectivity index (χ0) is 14.8. The summed E-state index contributed by atoms with van der Waals surface area (Å²) in [5, 5.41) is 0.